The van der Waals surface area contributed by atoms with Crippen LogP contribution in [0.15, 0.2) is 23.6 Å². The van der Waals surface area contributed by atoms with Crippen molar-refractivity contribution in [1.29, 1.82) is 0 Å². The van der Waals surface area contributed by atoms with Gasteiger partial charge >= 0.3 is 0 Å². The normalized spacial score (nSPS) is 10.9. The number of nitrogens with one attached hydrogen (secondary N) is 1. The van der Waals surface area contributed by atoms with Crippen molar-refractivity contribution in [3.63, 3.8) is 0 Å². The van der Waals surface area contributed by atoms with Crippen LogP contribution in [0.1, 0.15) is 17.8 Å². The molecule has 0 amide bonds. The molecule has 96 valence electrons. The average Bonchev–Trinajstić information content (AvgIpc) is 2.78. The lowest BCUT2D eigenvalue weighted by Crippen LogP contribution is -2.06. The number of hydrogen-bond acceptors (Lipinski definition) is 4. The summed E-state index contributed by atoms with van der Waals surface area (Å²) in [4.78, 5) is 7.42. The molecule has 2 rings (SSSR count). The Hall–Kier alpha value is -1.63. The van der Waals surface area contributed by atoms with Crippen molar-refractivity contribution in [3.05, 3.63) is 40.9 Å². The summed E-state index contributed by atoms with van der Waals surface area (Å²) in [5, 5.41) is 4.64. The summed E-state index contributed by atoms with van der Waals surface area (Å²) in [6, 6.07) is 4.56. The Labute approximate surface area is 106 Å². The van der Waals surface area contributed by atoms with Crippen molar-refractivity contribution in [2.45, 2.75) is 12.8 Å². The van der Waals surface area contributed by atoms with E-state index < -0.39 is 12.4 Å². The van der Waals surface area contributed by atoms with Crippen LogP contribution in [0, 0.1) is 5.95 Å². The van der Waals surface area contributed by atoms with E-state index in [1.54, 1.807) is 12.1 Å². The molecule has 0 unspecified atom stereocenters. The average molecular weight is 273 g/mol. The van der Waals surface area contributed by atoms with Gasteiger partial charge in [0.15, 0.2) is 5.13 Å². The third-order valence-corrected chi connectivity index (χ3v) is 2.99. The molecule has 0 aliphatic heterocycles. The second kappa shape index (κ2) is 5.81. The number of thiazole rings is 1. The molecule has 2 aromatic heterocycles. The largest absolute Gasteiger partial charge is 0.361 e. The van der Waals surface area contributed by atoms with Gasteiger partial charge in [-0.3, -0.25) is 0 Å². The summed E-state index contributed by atoms with van der Waals surface area (Å²) in [6.45, 7) is 0.465. The summed E-state index contributed by atoms with van der Waals surface area (Å²) in [6.07, 6.45) is -2.05. The first-order valence-electron chi connectivity index (χ1n) is 5.24. The maximum Gasteiger partial charge on any atom is 0.281 e. The maximum atomic E-state index is 12.8. The minimum Gasteiger partial charge on any atom is -0.361 e. The summed E-state index contributed by atoms with van der Waals surface area (Å²) in [7, 11) is 0. The first-order valence-corrected chi connectivity index (χ1v) is 6.12. The predicted molar refractivity (Wildman–Crippen MR) is 63.5 cm³/mol. The molecule has 2 heterocycles. The van der Waals surface area contributed by atoms with Crippen LogP contribution in [0.3, 0.4) is 0 Å². The van der Waals surface area contributed by atoms with Crippen LogP contribution in [0.2, 0.25) is 0 Å². The number of rotatable bonds is 5. The first-order chi connectivity index (χ1) is 8.65. The van der Waals surface area contributed by atoms with E-state index >= 15 is 0 Å². The number of nitrogens with zero attached hydrogens (tertiary/aromatic N) is 2. The zero-order chi connectivity index (χ0) is 13.0. The highest BCUT2D eigenvalue weighted by Gasteiger charge is 2.11. The van der Waals surface area contributed by atoms with Gasteiger partial charge < -0.3 is 5.32 Å². The molecule has 3 nitrogen and oxygen atoms in total. The molecule has 0 aliphatic carbocycles. The molecule has 1 N–H and O–H groups in total. The van der Waals surface area contributed by atoms with Gasteiger partial charge in [0.25, 0.3) is 6.43 Å². The fraction of sp³-hybridized carbons (Fsp3) is 0.273. The molecule has 0 radical (unpaired) electrons. The van der Waals surface area contributed by atoms with Crippen molar-refractivity contribution in [3.8, 4) is 0 Å². The van der Waals surface area contributed by atoms with E-state index in [0.717, 1.165) is 11.3 Å². The van der Waals surface area contributed by atoms with Crippen LogP contribution in [0.4, 0.5) is 18.3 Å². The van der Waals surface area contributed by atoms with Gasteiger partial charge in [-0.05, 0) is 12.1 Å². The summed E-state index contributed by atoms with van der Waals surface area (Å²) >= 11 is 1.12. The Morgan fingerprint density at radius 3 is 2.78 bits per heavy atom. The number of aromatic nitrogens is 2. The SMILES string of the molecule is Fc1cccc(CCNc2nc(C(F)F)cs2)n1. The predicted octanol–water partition coefficient (Wildman–Crippen LogP) is 3.27. The van der Waals surface area contributed by atoms with E-state index in [4.69, 9.17) is 0 Å². The molecule has 0 spiro atoms. The number of pyridine rings is 1. The highest BCUT2D eigenvalue weighted by atomic mass is 32.1. The van der Waals surface area contributed by atoms with Gasteiger partial charge in [-0.25, -0.2) is 18.7 Å². The molecule has 0 atom stereocenters. The summed E-state index contributed by atoms with van der Waals surface area (Å²) < 4.78 is 37.3. The van der Waals surface area contributed by atoms with Crippen molar-refractivity contribution in [2.75, 3.05) is 11.9 Å². The van der Waals surface area contributed by atoms with Crippen molar-refractivity contribution < 1.29 is 13.2 Å². The second-order valence-corrected chi connectivity index (χ2v) is 4.36. The lowest BCUT2D eigenvalue weighted by atomic mass is 10.3. The first kappa shape index (κ1) is 12.8. The Morgan fingerprint density at radius 1 is 1.28 bits per heavy atom. The van der Waals surface area contributed by atoms with E-state index in [-0.39, 0.29) is 5.69 Å². The third-order valence-electron chi connectivity index (χ3n) is 2.18. The van der Waals surface area contributed by atoms with Gasteiger partial charge in [0.2, 0.25) is 5.95 Å². The molecule has 7 heteroatoms. The van der Waals surface area contributed by atoms with Gasteiger partial charge in [0.1, 0.15) is 5.69 Å². The molecule has 0 aliphatic rings. The minimum absolute atomic E-state index is 0.230. The fourth-order valence-corrected chi connectivity index (χ4v) is 2.09. The molecular formula is C11H10F3N3S. The molecule has 0 saturated carbocycles. The van der Waals surface area contributed by atoms with Crippen molar-refractivity contribution >= 4 is 16.5 Å². The Bertz CT molecular complexity index is 516. The van der Waals surface area contributed by atoms with Crippen LogP contribution in [-0.4, -0.2) is 16.5 Å². The topological polar surface area (TPSA) is 37.8 Å². The Balaban J connectivity index is 1.84. The molecule has 0 bridgehead atoms. The molecular weight excluding hydrogens is 263 g/mol. The van der Waals surface area contributed by atoms with E-state index in [0.29, 0.717) is 23.8 Å². The lowest BCUT2D eigenvalue weighted by molar-refractivity contribution is 0.147. The zero-order valence-corrected chi connectivity index (χ0v) is 10.1. The lowest BCUT2D eigenvalue weighted by Gasteiger charge is -2.02. The van der Waals surface area contributed by atoms with Crippen LogP contribution in [0.25, 0.3) is 0 Å². The third kappa shape index (κ3) is 3.43. The van der Waals surface area contributed by atoms with E-state index in [2.05, 4.69) is 15.3 Å². The monoisotopic (exact) mass is 273 g/mol. The van der Waals surface area contributed by atoms with Gasteiger partial charge in [0, 0.05) is 24.0 Å². The highest BCUT2D eigenvalue weighted by molar-refractivity contribution is 7.13. The van der Waals surface area contributed by atoms with Crippen LogP contribution in [-0.2, 0) is 6.42 Å². The number of halogens is 3. The van der Waals surface area contributed by atoms with Crippen LogP contribution in [0.5, 0.6) is 0 Å². The minimum atomic E-state index is -2.55. The second-order valence-electron chi connectivity index (χ2n) is 3.51. The molecule has 0 saturated heterocycles. The van der Waals surface area contributed by atoms with E-state index in [9.17, 15) is 13.2 Å². The van der Waals surface area contributed by atoms with E-state index in [1.165, 1.54) is 11.4 Å². The summed E-state index contributed by atoms with van der Waals surface area (Å²) in [5.74, 6) is -0.526. The van der Waals surface area contributed by atoms with Gasteiger partial charge in [0.05, 0.1) is 0 Å². The van der Waals surface area contributed by atoms with Gasteiger partial charge in [-0.1, -0.05) is 6.07 Å². The molecule has 18 heavy (non-hydrogen) atoms. The van der Waals surface area contributed by atoms with Crippen molar-refractivity contribution in [2.24, 2.45) is 0 Å². The quantitative estimate of drug-likeness (QED) is 0.850. The maximum absolute atomic E-state index is 12.8. The highest BCUT2D eigenvalue weighted by Crippen LogP contribution is 2.23. The number of anilines is 1. The fourth-order valence-electron chi connectivity index (χ4n) is 1.35. The van der Waals surface area contributed by atoms with Crippen LogP contribution < -0.4 is 5.32 Å². The van der Waals surface area contributed by atoms with E-state index in [1.807, 2.05) is 0 Å². The van der Waals surface area contributed by atoms with Crippen LogP contribution >= 0.6 is 11.3 Å². The molecule has 0 aromatic carbocycles. The smallest absolute Gasteiger partial charge is 0.281 e. The summed E-state index contributed by atoms with van der Waals surface area (Å²) in [5.41, 5.74) is 0.375. The molecule has 0 fully saturated rings. The van der Waals surface area contributed by atoms with Crippen molar-refractivity contribution in [1.82, 2.24) is 9.97 Å². The van der Waals surface area contributed by atoms with Gasteiger partial charge in [-0.15, -0.1) is 11.3 Å². The number of hydrogen-bond donors (Lipinski definition) is 1. The molecule has 2 aromatic rings. The standard InChI is InChI=1S/C11H10F3N3S/c12-9-3-1-2-7(16-9)4-5-15-11-17-8(6-18-11)10(13)14/h1-3,6,10H,4-5H2,(H,15,17). The Kier molecular flexibility index (Phi) is 4.14. The number of alkyl halides is 2. The zero-order valence-electron chi connectivity index (χ0n) is 9.24. The van der Waals surface area contributed by atoms with Gasteiger partial charge in [-0.2, -0.15) is 4.39 Å². The Morgan fingerprint density at radius 2 is 2.11 bits per heavy atom.